The van der Waals surface area contributed by atoms with E-state index in [1.54, 1.807) is 17.0 Å². The molecule has 19 heavy (non-hydrogen) atoms. The molecule has 0 atom stereocenters. The lowest BCUT2D eigenvalue weighted by Gasteiger charge is -2.14. The monoisotopic (exact) mass is 251 g/mol. The summed E-state index contributed by atoms with van der Waals surface area (Å²) < 4.78 is 0. The van der Waals surface area contributed by atoms with Crippen LogP contribution >= 0.6 is 0 Å². The second-order valence-electron chi connectivity index (χ2n) is 4.61. The van der Waals surface area contributed by atoms with Crippen molar-refractivity contribution in [3.8, 4) is 0 Å². The van der Waals surface area contributed by atoms with Crippen LogP contribution in [0.25, 0.3) is 0 Å². The van der Waals surface area contributed by atoms with Gasteiger partial charge in [-0.25, -0.2) is 0 Å². The number of hydrogen-bond acceptors (Lipinski definition) is 2. The molecule has 3 heteroatoms. The molecular formula is C16H13NO2. The Kier molecular flexibility index (Phi) is 2.88. The van der Waals surface area contributed by atoms with Crippen LogP contribution in [0.15, 0.2) is 54.6 Å². The van der Waals surface area contributed by atoms with E-state index in [0.29, 0.717) is 17.7 Å². The van der Waals surface area contributed by atoms with Gasteiger partial charge in [0.05, 0.1) is 6.54 Å². The summed E-state index contributed by atoms with van der Waals surface area (Å²) in [6, 6.07) is 16.6. The van der Waals surface area contributed by atoms with E-state index in [9.17, 15) is 9.59 Å². The fraction of sp³-hybridized carbons (Fsp3) is 0.125. The molecule has 2 aromatic carbocycles. The Morgan fingerprint density at radius 1 is 1.00 bits per heavy atom. The molecule has 1 aliphatic heterocycles. The molecule has 3 rings (SSSR count). The van der Waals surface area contributed by atoms with Crippen molar-refractivity contribution in [2.45, 2.75) is 6.54 Å². The SMILES string of the molecule is O=C(CN1Cc2ccccc2C1=O)c1ccccc1. The first-order valence-corrected chi connectivity index (χ1v) is 6.21. The third-order valence-corrected chi connectivity index (χ3v) is 3.33. The Labute approximate surface area is 111 Å². The van der Waals surface area contributed by atoms with E-state index < -0.39 is 0 Å². The van der Waals surface area contributed by atoms with Crippen molar-refractivity contribution in [3.05, 3.63) is 71.3 Å². The van der Waals surface area contributed by atoms with Gasteiger partial charge in [0.2, 0.25) is 0 Å². The van der Waals surface area contributed by atoms with E-state index >= 15 is 0 Å². The average Bonchev–Trinajstić information content (AvgIpc) is 2.77. The molecule has 0 aliphatic carbocycles. The number of hydrogen-bond donors (Lipinski definition) is 0. The molecule has 0 saturated heterocycles. The van der Waals surface area contributed by atoms with Crippen LogP contribution in [0.3, 0.4) is 0 Å². The predicted molar refractivity (Wildman–Crippen MR) is 72.0 cm³/mol. The number of ketones is 1. The number of carbonyl (C=O) groups is 2. The Morgan fingerprint density at radius 3 is 2.42 bits per heavy atom. The molecule has 2 aromatic rings. The normalized spacial score (nSPS) is 13.5. The molecule has 0 bridgehead atoms. The predicted octanol–water partition coefficient (Wildman–Crippen LogP) is 2.53. The molecule has 0 N–H and O–H groups in total. The van der Waals surface area contributed by atoms with Crippen LogP contribution in [-0.4, -0.2) is 23.1 Å². The number of Topliss-reactive ketones (excluding diaryl/α,β-unsaturated/α-hetero) is 1. The third kappa shape index (κ3) is 2.15. The first-order chi connectivity index (χ1) is 9.25. The molecule has 0 fully saturated rings. The molecule has 1 amide bonds. The minimum Gasteiger partial charge on any atom is -0.327 e. The van der Waals surface area contributed by atoms with E-state index in [2.05, 4.69) is 0 Å². The smallest absolute Gasteiger partial charge is 0.254 e. The van der Waals surface area contributed by atoms with Gasteiger partial charge in [-0.3, -0.25) is 9.59 Å². The highest BCUT2D eigenvalue weighted by Gasteiger charge is 2.28. The van der Waals surface area contributed by atoms with Crippen molar-refractivity contribution in [2.24, 2.45) is 0 Å². The summed E-state index contributed by atoms with van der Waals surface area (Å²) in [7, 11) is 0. The summed E-state index contributed by atoms with van der Waals surface area (Å²) in [5.41, 5.74) is 2.35. The van der Waals surface area contributed by atoms with E-state index in [0.717, 1.165) is 5.56 Å². The standard InChI is InChI=1S/C16H13NO2/c18-15(12-6-2-1-3-7-12)11-17-10-13-8-4-5-9-14(13)16(17)19/h1-9H,10-11H2. The van der Waals surface area contributed by atoms with E-state index in [1.807, 2.05) is 42.5 Å². The maximum absolute atomic E-state index is 12.1. The van der Waals surface area contributed by atoms with Crippen molar-refractivity contribution >= 4 is 11.7 Å². The highest BCUT2D eigenvalue weighted by Crippen LogP contribution is 2.22. The summed E-state index contributed by atoms with van der Waals surface area (Å²) in [5.74, 6) is -0.0818. The van der Waals surface area contributed by atoms with E-state index in [4.69, 9.17) is 0 Å². The quantitative estimate of drug-likeness (QED) is 0.786. The van der Waals surface area contributed by atoms with Crippen LogP contribution in [0.4, 0.5) is 0 Å². The number of rotatable bonds is 3. The van der Waals surface area contributed by atoms with Crippen LogP contribution < -0.4 is 0 Å². The summed E-state index contributed by atoms with van der Waals surface area (Å²) in [6.45, 7) is 0.658. The van der Waals surface area contributed by atoms with Gasteiger partial charge in [0.1, 0.15) is 0 Å². The van der Waals surface area contributed by atoms with Gasteiger partial charge in [-0.2, -0.15) is 0 Å². The molecule has 94 valence electrons. The van der Waals surface area contributed by atoms with Crippen molar-refractivity contribution < 1.29 is 9.59 Å². The average molecular weight is 251 g/mol. The Balaban J connectivity index is 1.77. The minimum atomic E-state index is -0.0557. The highest BCUT2D eigenvalue weighted by atomic mass is 16.2. The molecule has 3 nitrogen and oxygen atoms in total. The van der Waals surface area contributed by atoms with Gasteiger partial charge in [-0.15, -0.1) is 0 Å². The minimum absolute atomic E-state index is 0.0262. The zero-order chi connectivity index (χ0) is 13.2. The number of amides is 1. The second-order valence-corrected chi connectivity index (χ2v) is 4.61. The maximum Gasteiger partial charge on any atom is 0.254 e. The first-order valence-electron chi connectivity index (χ1n) is 6.21. The lowest BCUT2D eigenvalue weighted by Crippen LogP contribution is -2.30. The van der Waals surface area contributed by atoms with Crippen molar-refractivity contribution in [1.29, 1.82) is 0 Å². The van der Waals surface area contributed by atoms with Gasteiger partial charge >= 0.3 is 0 Å². The summed E-state index contributed by atoms with van der Waals surface area (Å²) in [4.78, 5) is 25.8. The van der Waals surface area contributed by atoms with Gasteiger partial charge in [-0.1, -0.05) is 48.5 Å². The fourth-order valence-corrected chi connectivity index (χ4v) is 2.33. The molecule has 0 radical (unpaired) electrons. The van der Waals surface area contributed by atoms with Crippen LogP contribution in [0.5, 0.6) is 0 Å². The largest absolute Gasteiger partial charge is 0.327 e. The topological polar surface area (TPSA) is 37.4 Å². The Hall–Kier alpha value is -2.42. The molecular weight excluding hydrogens is 238 g/mol. The Bertz CT molecular complexity index is 634. The summed E-state index contributed by atoms with van der Waals surface area (Å²) in [5, 5.41) is 0. The van der Waals surface area contributed by atoms with Gasteiger partial charge in [-0.05, 0) is 11.6 Å². The Morgan fingerprint density at radius 2 is 1.68 bits per heavy atom. The summed E-state index contributed by atoms with van der Waals surface area (Å²) in [6.07, 6.45) is 0. The van der Waals surface area contributed by atoms with Crippen LogP contribution in [0.1, 0.15) is 26.3 Å². The van der Waals surface area contributed by atoms with Gasteiger partial charge in [0, 0.05) is 17.7 Å². The highest BCUT2D eigenvalue weighted by molar-refractivity contribution is 6.04. The maximum atomic E-state index is 12.1. The number of nitrogens with zero attached hydrogens (tertiary/aromatic N) is 1. The zero-order valence-electron chi connectivity index (χ0n) is 10.4. The van der Waals surface area contributed by atoms with E-state index in [-0.39, 0.29) is 18.2 Å². The van der Waals surface area contributed by atoms with Crippen molar-refractivity contribution in [3.63, 3.8) is 0 Å². The zero-order valence-corrected chi connectivity index (χ0v) is 10.4. The molecule has 0 unspecified atom stereocenters. The molecule has 0 saturated carbocycles. The number of fused-ring (bicyclic) bond motifs is 1. The van der Waals surface area contributed by atoms with Crippen LogP contribution in [0, 0.1) is 0 Å². The lowest BCUT2D eigenvalue weighted by molar-refractivity contribution is 0.0729. The molecule has 0 aromatic heterocycles. The lowest BCUT2D eigenvalue weighted by atomic mass is 10.1. The van der Waals surface area contributed by atoms with Gasteiger partial charge in [0.25, 0.3) is 5.91 Å². The molecule has 1 heterocycles. The third-order valence-electron chi connectivity index (χ3n) is 3.33. The van der Waals surface area contributed by atoms with Gasteiger partial charge in [0.15, 0.2) is 5.78 Å². The van der Waals surface area contributed by atoms with Crippen LogP contribution in [-0.2, 0) is 6.54 Å². The van der Waals surface area contributed by atoms with Gasteiger partial charge < -0.3 is 4.90 Å². The van der Waals surface area contributed by atoms with Crippen molar-refractivity contribution in [1.82, 2.24) is 4.90 Å². The van der Waals surface area contributed by atoms with Crippen molar-refractivity contribution in [2.75, 3.05) is 6.54 Å². The molecule has 0 spiro atoms. The van der Waals surface area contributed by atoms with E-state index in [1.165, 1.54) is 0 Å². The number of carbonyl (C=O) groups excluding carboxylic acids is 2. The second kappa shape index (κ2) is 4.69. The molecule has 1 aliphatic rings. The fourth-order valence-electron chi connectivity index (χ4n) is 2.33. The summed E-state index contributed by atoms with van der Waals surface area (Å²) >= 11 is 0. The first kappa shape index (κ1) is 11.7. The number of benzene rings is 2. The van der Waals surface area contributed by atoms with Crippen LogP contribution in [0.2, 0.25) is 0 Å².